The van der Waals surface area contributed by atoms with Crippen LogP contribution in [-0.4, -0.2) is 73.9 Å². The Kier molecular flexibility index (Phi) is 35.2. The minimum Gasteiger partial charge on any atom is -0.462 e. The average molecular weight is 1750 g/mol. The van der Waals surface area contributed by atoms with Crippen LogP contribution in [0.2, 0.25) is 33.2 Å². The van der Waals surface area contributed by atoms with E-state index in [2.05, 4.69) is 139 Å². The number of aliphatic hydroxyl groups excluding tert-OH is 1. The van der Waals surface area contributed by atoms with E-state index in [0.29, 0.717) is 121 Å². The summed E-state index contributed by atoms with van der Waals surface area (Å²) in [5.74, 6) is 4.93. The number of ketones is 1. The molecule has 7 aliphatic rings. The molecule has 6 aliphatic carbocycles. The summed E-state index contributed by atoms with van der Waals surface area (Å²) >= 11 is 4.14. The topological polar surface area (TPSA) is 147 Å². The van der Waals surface area contributed by atoms with Gasteiger partial charge in [-0.1, -0.05) is 221 Å². The van der Waals surface area contributed by atoms with E-state index in [-0.39, 0.29) is 72.6 Å². The molecule has 0 bridgehead atoms. The second kappa shape index (κ2) is 43.3. The fraction of sp³-hybridized carbons (Fsp3) is 0.590. The second-order valence-electron chi connectivity index (χ2n) is 37.9. The van der Waals surface area contributed by atoms with Gasteiger partial charge >= 0.3 is 24.5 Å². The summed E-state index contributed by atoms with van der Waals surface area (Å²) in [6, 6.07) is 27.0. The van der Waals surface area contributed by atoms with Crippen LogP contribution < -0.4 is 5.25 Å². The number of pyridine rings is 3. The molecule has 7 fully saturated rings. The van der Waals surface area contributed by atoms with Gasteiger partial charge in [-0.25, -0.2) is 5.25 Å². The monoisotopic (exact) mass is 1750 g/mol. The van der Waals surface area contributed by atoms with E-state index in [0.717, 1.165) is 73.1 Å². The third-order valence-electron chi connectivity index (χ3n) is 29.1. The standard InChI is InChI=1S/C36H52F3NO2Si.C36H50F3NO2Si.C27H28F3NO2.CH4.ClH2N/c2*1-23(2)43(24(3)4,25(5)6)42-22-30-19-28-11-8-9-14-33(28)34(35(30)26(7)41)18-17-32-16-15-29(21-40-32)27-12-10-13-31(20-27)36(37,38)39;1-16-25-23(22-8-3-2-5-18(22)14-24(25)26(32)33-16)12-11-21-10-9-19(15-31-21)17-6-4-7-20(13-17)27(28,29)30;;1-2/h10,12-13,15-18,20-21,23-26,28,30,33-35,41H,8-9,11,14,19,22H2,1-7H3;10,12-13,15-18,20-21,23-25,28,30,33-35H,8-9,11,14,19,22H2,1-7H3;4,6-7,9-13,15-16,18,22-25H,2-3,5,8,14H2,1H3;1H4;2H2/b2*18-17+;12-11+;;/t26-,28+,30+,33-,34+,35-;28-,30-,33+,34-,35+;16-,18+,22-,23+,24-,25+;;/m101../s1. The first kappa shape index (κ1) is 99.2. The first-order valence-electron chi connectivity index (χ1n) is 44.7. The van der Waals surface area contributed by atoms with Crippen LogP contribution in [0, 0.1) is 88.8 Å². The Bertz CT molecular complexity index is 4350. The number of Topliss-reactive ketones (excluding diaryl/α,β-unsaturated/α-hetero) is 1. The van der Waals surface area contributed by atoms with Gasteiger partial charge in [0.25, 0.3) is 0 Å². The summed E-state index contributed by atoms with van der Waals surface area (Å²) in [6.45, 7) is 34.9. The highest BCUT2D eigenvalue weighted by molar-refractivity contribution is 6.78. The molecule has 0 unspecified atom stereocenters. The van der Waals surface area contributed by atoms with Gasteiger partial charge in [0, 0.05) is 60.3 Å². The van der Waals surface area contributed by atoms with Crippen LogP contribution in [0.3, 0.4) is 0 Å². The number of halogens is 10. The van der Waals surface area contributed by atoms with Gasteiger partial charge < -0.3 is 18.7 Å². The minimum absolute atomic E-state index is 0. The van der Waals surface area contributed by atoms with Crippen molar-refractivity contribution >= 4 is 58.4 Å². The molecule has 10 nitrogen and oxygen atoms in total. The number of rotatable bonds is 23. The molecule has 6 aromatic rings. The lowest BCUT2D eigenvalue weighted by Crippen LogP contribution is -2.51. The molecule has 3 N–H and O–H groups in total. The maximum atomic E-state index is 13.4. The number of hydrogen-bond donors (Lipinski definition) is 2. The first-order valence-corrected chi connectivity index (χ1v) is 49.4. The number of carbonyl (C=O) groups excluding carboxylic acids is 2. The van der Waals surface area contributed by atoms with E-state index in [4.69, 9.17) is 13.6 Å². The molecule has 3 aromatic heterocycles. The Morgan fingerprint density at radius 2 is 0.811 bits per heavy atom. The highest BCUT2D eigenvalue weighted by atomic mass is 35.5. The fourth-order valence-electron chi connectivity index (χ4n) is 23.9. The highest BCUT2D eigenvalue weighted by Gasteiger charge is 2.55. The van der Waals surface area contributed by atoms with Gasteiger partial charge in [-0.15, -0.1) is 0 Å². The number of benzene rings is 3. The van der Waals surface area contributed by atoms with Crippen LogP contribution in [0.4, 0.5) is 39.5 Å². The summed E-state index contributed by atoms with van der Waals surface area (Å²) in [4.78, 5) is 39.5. The van der Waals surface area contributed by atoms with Crippen molar-refractivity contribution in [3.63, 3.8) is 0 Å². The number of cyclic esters (lactones) is 1. The Hall–Kier alpha value is -6.60. The SMILES string of the molecule is C.CC(=O)[C@@H]1[C@H](CO[Si](C(C)C)(C(C)C)C(C)C)C[C@@H]2CCCC[C@H]2[C@@H]1/C=C/c1ccc(-c2cccc(C(F)(F)F)c2)cn1.CC(C)[Si](OC[C@@H]1C[C@@H]2CCCC[C@H]2[C@H](/C=C/c2ccc(-c3cccc(C(F)(F)F)c3)cn2)[C@@H]1[C@@H](C)O)(C(C)C)C(C)C.C[C@H]1OC(=O)[C@@H]2C[C@@H]3CCCC[C@H]3[C@H](/C=C/c3ccc(-c4cccc(C(F)(F)F)c4)cn3)[C@H]12.NCl. The molecule has 3 aromatic carbocycles. The van der Waals surface area contributed by atoms with Gasteiger partial charge in [0.1, 0.15) is 11.9 Å². The zero-order valence-corrected chi connectivity index (χ0v) is 76.3. The number of hydrogen-bond acceptors (Lipinski definition) is 10. The van der Waals surface area contributed by atoms with Crippen molar-refractivity contribution in [1.29, 1.82) is 0 Å². The Morgan fingerprint density at radius 3 is 1.16 bits per heavy atom. The van der Waals surface area contributed by atoms with Gasteiger partial charge in [0.2, 0.25) is 0 Å². The number of esters is 1. The van der Waals surface area contributed by atoms with Crippen molar-refractivity contribution in [3.8, 4) is 33.4 Å². The van der Waals surface area contributed by atoms with Crippen molar-refractivity contribution in [1.82, 2.24) is 15.0 Å². The quantitative estimate of drug-likeness (QED) is 0.0275. The Balaban J connectivity index is 0.000000207. The van der Waals surface area contributed by atoms with Crippen LogP contribution in [0.5, 0.6) is 0 Å². The maximum Gasteiger partial charge on any atom is 0.416 e. The van der Waals surface area contributed by atoms with Gasteiger partial charge in [-0.2, -0.15) is 39.5 Å². The van der Waals surface area contributed by atoms with Gasteiger partial charge in [0.15, 0.2) is 16.6 Å². The number of aliphatic hydroxyl groups is 1. The summed E-state index contributed by atoms with van der Waals surface area (Å²) in [5.41, 5.74) is 6.73. The van der Waals surface area contributed by atoms with E-state index >= 15 is 0 Å². The Morgan fingerprint density at radius 1 is 0.484 bits per heavy atom. The van der Waals surface area contributed by atoms with Crippen LogP contribution in [0.1, 0.15) is 241 Å². The molecule has 122 heavy (non-hydrogen) atoms. The van der Waals surface area contributed by atoms with Crippen molar-refractivity contribution < 1.29 is 67.8 Å². The van der Waals surface area contributed by atoms with Crippen molar-refractivity contribution in [2.24, 2.45) is 94.0 Å². The predicted octanol–water partition coefficient (Wildman–Crippen LogP) is 28.6. The normalized spacial score (nSPS) is 26.6. The molecule has 6 saturated carbocycles. The zero-order chi connectivity index (χ0) is 88.2. The number of carbonyl (C=O) groups is 2. The number of nitrogens with two attached hydrogens (primary N) is 1. The number of fused-ring (bicyclic) bond motifs is 4. The fourth-order valence-corrected chi connectivity index (χ4v) is 34.9. The molecule has 1 aliphatic heterocycles. The maximum absolute atomic E-state index is 13.4. The molecule has 0 amide bonds. The Labute approximate surface area is 728 Å². The third-order valence-corrected chi connectivity index (χ3v) is 41.2. The summed E-state index contributed by atoms with van der Waals surface area (Å²) in [6.07, 6.45) is 21.7. The van der Waals surface area contributed by atoms with Crippen LogP contribution in [-0.2, 0) is 41.7 Å². The largest absolute Gasteiger partial charge is 0.462 e. The number of aromatic nitrogens is 3. The molecule has 670 valence electrons. The molecule has 0 spiro atoms. The lowest BCUT2D eigenvalue weighted by molar-refractivity contribution is -0.144. The van der Waals surface area contributed by atoms with E-state index in [9.17, 15) is 54.2 Å². The van der Waals surface area contributed by atoms with E-state index in [1.807, 2.05) is 56.3 Å². The van der Waals surface area contributed by atoms with Crippen LogP contribution in [0.15, 0.2) is 146 Å². The number of allylic oxidation sites excluding steroid dienone is 3. The van der Waals surface area contributed by atoms with E-state index in [1.165, 1.54) is 94.9 Å². The molecule has 22 heteroatoms. The van der Waals surface area contributed by atoms with Crippen molar-refractivity contribution in [2.75, 3.05) is 13.2 Å². The lowest BCUT2D eigenvalue weighted by atomic mass is 9.57. The molecule has 0 radical (unpaired) electrons. The number of ether oxygens (including phenoxy) is 1. The lowest BCUT2D eigenvalue weighted by Gasteiger charge is -2.51. The van der Waals surface area contributed by atoms with Crippen molar-refractivity contribution in [3.05, 3.63) is 180 Å². The summed E-state index contributed by atoms with van der Waals surface area (Å²) in [5, 5.41) is 15.2. The number of nitrogens with zero attached hydrogens (tertiary/aromatic N) is 3. The predicted molar refractivity (Wildman–Crippen MR) is 481 cm³/mol. The summed E-state index contributed by atoms with van der Waals surface area (Å²) in [7, 11) is -4.09. The van der Waals surface area contributed by atoms with E-state index < -0.39 is 58.0 Å². The molecular formula is C100H136ClF9N4O6Si2. The second-order valence-corrected chi connectivity index (χ2v) is 48.8. The highest BCUT2D eigenvalue weighted by Crippen LogP contribution is 2.57. The van der Waals surface area contributed by atoms with Gasteiger partial charge in [-0.05, 0) is 265 Å². The average Bonchev–Trinajstić information content (AvgIpc) is 1.53. The summed E-state index contributed by atoms with van der Waals surface area (Å²) < 4.78 is 138. The third kappa shape index (κ3) is 23.4. The minimum atomic E-state index is -4.39. The van der Waals surface area contributed by atoms with Gasteiger partial charge in [-0.3, -0.25) is 24.5 Å². The molecule has 13 rings (SSSR count). The molecular weight excluding hydrogens is 1620 g/mol. The van der Waals surface area contributed by atoms with Crippen molar-refractivity contribution in [2.45, 2.75) is 272 Å². The molecule has 17 atom stereocenters. The van der Waals surface area contributed by atoms with Crippen LogP contribution >= 0.6 is 11.8 Å². The van der Waals surface area contributed by atoms with E-state index in [1.54, 1.807) is 49.8 Å². The molecule has 1 saturated heterocycles. The first-order chi connectivity index (χ1) is 57.3. The van der Waals surface area contributed by atoms with Gasteiger partial charge in [0.05, 0.1) is 45.8 Å². The van der Waals surface area contributed by atoms with Crippen LogP contribution in [0.25, 0.3) is 51.6 Å². The number of alkyl halides is 9. The zero-order valence-electron chi connectivity index (χ0n) is 73.6. The smallest absolute Gasteiger partial charge is 0.416 e. The molecule has 4 heterocycles.